The molecule has 0 radical (unpaired) electrons. The van der Waals surface area contributed by atoms with Crippen LogP contribution in [0.1, 0.15) is 68.1 Å². The van der Waals surface area contributed by atoms with Crippen LogP contribution in [0.25, 0.3) is 0 Å². The number of likely N-dealkylation sites (tertiary alicyclic amines) is 1. The third-order valence-electron chi connectivity index (χ3n) is 6.68. The topological polar surface area (TPSA) is 50.6 Å². The molecule has 2 aliphatic heterocycles. The average molecular weight is 375 g/mol. The molecule has 6 nitrogen and oxygen atoms in total. The minimum absolute atomic E-state index is 0.139. The van der Waals surface area contributed by atoms with Crippen molar-refractivity contribution in [3.05, 3.63) is 17.2 Å². The van der Waals surface area contributed by atoms with E-state index in [9.17, 15) is 4.79 Å². The van der Waals surface area contributed by atoms with Crippen molar-refractivity contribution < 1.29 is 9.53 Å². The van der Waals surface area contributed by atoms with Crippen LogP contribution < -0.4 is 0 Å². The molecule has 6 heteroatoms. The molecular weight excluding hydrogens is 340 g/mol. The molecule has 3 heterocycles. The predicted molar refractivity (Wildman–Crippen MR) is 105 cm³/mol. The highest BCUT2D eigenvalue weighted by molar-refractivity contribution is 5.77. The Bertz CT molecular complexity index is 657. The Kier molecular flexibility index (Phi) is 5.83. The molecule has 4 rings (SSSR count). The molecular formula is C21H34N4O2. The number of fused-ring (bicyclic) bond motifs is 1. The molecule has 0 spiro atoms. The minimum atomic E-state index is 0.139. The molecule has 1 aromatic rings. The second kappa shape index (κ2) is 8.31. The van der Waals surface area contributed by atoms with Gasteiger partial charge in [-0.05, 0) is 52.7 Å². The smallest absolute Gasteiger partial charge is 0.248 e. The van der Waals surface area contributed by atoms with Crippen molar-refractivity contribution in [2.75, 3.05) is 33.3 Å². The molecule has 1 saturated carbocycles. The summed E-state index contributed by atoms with van der Waals surface area (Å²) in [4.78, 5) is 22.1. The Hall–Kier alpha value is -1.40. The van der Waals surface area contributed by atoms with Crippen LogP contribution in [0.5, 0.6) is 0 Å². The quantitative estimate of drug-likeness (QED) is 0.813. The van der Waals surface area contributed by atoms with Crippen LogP contribution in [0, 0.1) is 6.92 Å². The second-order valence-electron chi connectivity index (χ2n) is 8.61. The van der Waals surface area contributed by atoms with Crippen molar-refractivity contribution in [2.24, 2.45) is 0 Å². The van der Waals surface area contributed by atoms with E-state index in [1.54, 1.807) is 0 Å². The van der Waals surface area contributed by atoms with Gasteiger partial charge in [0.25, 0.3) is 0 Å². The third kappa shape index (κ3) is 4.21. The molecule has 1 aliphatic carbocycles. The van der Waals surface area contributed by atoms with Crippen LogP contribution in [0.4, 0.5) is 0 Å². The van der Waals surface area contributed by atoms with Crippen LogP contribution in [0.15, 0.2) is 0 Å². The predicted octanol–water partition coefficient (Wildman–Crippen LogP) is 2.69. The normalized spacial score (nSPS) is 22.8. The first kappa shape index (κ1) is 18.9. The van der Waals surface area contributed by atoms with Gasteiger partial charge in [0.2, 0.25) is 5.91 Å². The molecule has 3 aliphatic rings. The van der Waals surface area contributed by atoms with Gasteiger partial charge in [0, 0.05) is 19.0 Å². The number of hydrogen-bond acceptors (Lipinski definition) is 4. The number of piperidine rings is 1. The first-order valence-electron chi connectivity index (χ1n) is 10.8. The Balaban J connectivity index is 1.40. The summed E-state index contributed by atoms with van der Waals surface area (Å²) < 4.78 is 8.26. The van der Waals surface area contributed by atoms with Gasteiger partial charge in [0.05, 0.1) is 24.0 Å². The maximum absolute atomic E-state index is 12.8. The standard InChI is InChI=1S/C21H34N4O2/c1-16-22-21(17-8-10-23(2)11-9-17)19-14-24(12-13-25(16)19)20(26)15-27-18-6-4-3-5-7-18/h17-18H,3-15H2,1-2H3. The first-order chi connectivity index (χ1) is 13.1. The summed E-state index contributed by atoms with van der Waals surface area (Å²) >= 11 is 0. The number of imidazole rings is 1. The average Bonchev–Trinajstić information content (AvgIpc) is 3.03. The summed E-state index contributed by atoms with van der Waals surface area (Å²) in [5, 5.41) is 0. The van der Waals surface area contributed by atoms with Crippen molar-refractivity contribution in [1.29, 1.82) is 0 Å². The fraction of sp³-hybridized carbons (Fsp3) is 0.810. The number of carbonyl (C=O) groups excluding carboxylic acids is 1. The molecule has 0 atom stereocenters. The van der Waals surface area contributed by atoms with Gasteiger partial charge in [0.15, 0.2) is 0 Å². The van der Waals surface area contributed by atoms with Gasteiger partial charge in [-0.3, -0.25) is 4.79 Å². The number of ether oxygens (including phenoxy) is 1. The summed E-state index contributed by atoms with van der Waals surface area (Å²) in [6, 6.07) is 0. The van der Waals surface area contributed by atoms with E-state index in [0.717, 1.165) is 44.8 Å². The van der Waals surface area contributed by atoms with Crippen molar-refractivity contribution >= 4 is 5.91 Å². The molecule has 0 bridgehead atoms. The fourth-order valence-electron chi connectivity index (χ4n) is 4.91. The number of carbonyl (C=O) groups is 1. The van der Waals surface area contributed by atoms with Crippen molar-refractivity contribution in [2.45, 2.75) is 77.0 Å². The largest absolute Gasteiger partial charge is 0.368 e. The molecule has 0 aromatic carbocycles. The van der Waals surface area contributed by atoms with Crippen LogP contribution in [-0.4, -0.2) is 64.7 Å². The van der Waals surface area contributed by atoms with E-state index >= 15 is 0 Å². The zero-order chi connectivity index (χ0) is 18.8. The van der Waals surface area contributed by atoms with E-state index in [-0.39, 0.29) is 18.6 Å². The summed E-state index contributed by atoms with van der Waals surface area (Å²) in [6.07, 6.45) is 8.62. The lowest BCUT2D eigenvalue weighted by atomic mass is 9.92. The van der Waals surface area contributed by atoms with Gasteiger partial charge in [0.1, 0.15) is 12.4 Å². The number of nitrogens with zero attached hydrogens (tertiary/aromatic N) is 4. The number of rotatable bonds is 4. The van der Waals surface area contributed by atoms with E-state index in [2.05, 4.69) is 23.4 Å². The highest BCUT2D eigenvalue weighted by Gasteiger charge is 2.30. The number of aromatic nitrogens is 2. The van der Waals surface area contributed by atoms with Gasteiger partial charge < -0.3 is 19.1 Å². The Morgan fingerprint density at radius 2 is 1.81 bits per heavy atom. The van der Waals surface area contributed by atoms with E-state index in [0.29, 0.717) is 12.5 Å². The Labute approximate surface area is 162 Å². The molecule has 27 heavy (non-hydrogen) atoms. The molecule has 0 unspecified atom stereocenters. The van der Waals surface area contributed by atoms with Gasteiger partial charge in [-0.15, -0.1) is 0 Å². The number of aryl methyl sites for hydroxylation is 1. The van der Waals surface area contributed by atoms with Crippen molar-refractivity contribution in [3.63, 3.8) is 0 Å². The summed E-state index contributed by atoms with van der Waals surface area (Å²) in [5.41, 5.74) is 2.51. The fourth-order valence-corrected chi connectivity index (χ4v) is 4.91. The minimum Gasteiger partial charge on any atom is -0.368 e. The van der Waals surface area contributed by atoms with Crippen molar-refractivity contribution in [3.8, 4) is 0 Å². The SMILES string of the molecule is Cc1nc(C2CCN(C)CC2)c2n1CCN(C(=O)COC1CCCCC1)C2. The lowest BCUT2D eigenvalue weighted by Gasteiger charge is -2.32. The van der Waals surface area contributed by atoms with Crippen LogP contribution in [0.2, 0.25) is 0 Å². The third-order valence-corrected chi connectivity index (χ3v) is 6.68. The first-order valence-corrected chi connectivity index (χ1v) is 10.8. The van der Waals surface area contributed by atoms with Gasteiger partial charge >= 0.3 is 0 Å². The lowest BCUT2D eigenvalue weighted by Crippen LogP contribution is -2.41. The monoisotopic (exact) mass is 374 g/mol. The van der Waals surface area contributed by atoms with E-state index in [1.807, 2.05) is 4.90 Å². The van der Waals surface area contributed by atoms with Crippen molar-refractivity contribution in [1.82, 2.24) is 19.4 Å². The molecule has 2 fully saturated rings. The van der Waals surface area contributed by atoms with Crippen LogP contribution in [0.3, 0.4) is 0 Å². The molecule has 0 N–H and O–H groups in total. The van der Waals surface area contributed by atoms with Gasteiger partial charge in [-0.2, -0.15) is 0 Å². The zero-order valence-electron chi connectivity index (χ0n) is 17.0. The Morgan fingerprint density at radius 1 is 1.07 bits per heavy atom. The van der Waals surface area contributed by atoms with Gasteiger partial charge in [-0.25, -0.2) is 4.98 Å². The summed E-state index contributed by atoms with van der Waals surface area (Å²) in [6.45, 7) is 6.92. The van der Waals surface area contributed by atoms with E-state index < -0.39 is 0 Å². The maximum atomic E-state index is 12.8. The summed E-state index contributed by atoms with van der Waals surface area (Å²) in [5.74, 6) is 1.77. The highest BCUT2D eigenvalue weighted by atomic mass is 16.5. The van der Waals surface area contributed by atoms with Gasteiger partial charge in [-0.1, -0.05) is 19.3 Å². The van der Waals surface area contributed by atoms with E-state index in [1.165, 1.54) is 43.5 Å². The maximum Gasteiger partial charge on any atom is 0.248 e. The molecule has 1 saturated heterocycles. The molecule has 1 aromatic heterocycles. The summed E-state index contributed by atoms with van der Waals surface area (Å²) in [7, 11) is 2.19. The zero-order valence-corrected chi connectivity index (χ0v) is 17.0. The molecule has 1 amide bonds. The van der Waals surface area contributed by atoms with E-state index in [4.69, 9.17) is 9.72 Å². The molecule has 150 valence electrons. The van der Waals surface area contributed by atoms with Crippen LogP contribution in [-0.2, 0) is 22.6 Å². The number of hydrogen-bond donors (Lipinski definition) is 0. The van der Waals surface area contributed by atoms with Crippen LogP contribution >= 0.6 is 0 Å². The lowest BCUT2D eigenvalue weighted by molar-refractivity contribution is -0.140. The number of amides is 1. The Morgan fingerprint density at radius 3 is 2.56 bits per heavy atom. The highest BCUT2D eigenvalue weighted by Crippen LogP contribution is 2.32. The second-order valence-corrected chi connectivity index (χ2v) is 8.61.